The summed E-state index contributed by atoms with van der Waals surface area (Å²) in [6.07, 6.45) is 4.81. The number of urea groups is 1. The molecule has 0 saturated carbocycles. The van der Waals surface area contributed by atoms with Gasteiger partial charge in [0.15, 0.2) is 0 Å². The Hall–Kier alpha value is -4.46. The normalized spacial score (nSPS) is 11.0. The van der Waals surface area contributed by atoms with E-state index in [0.29, 0.717) is 45.8 Å². The minimum atomic E-state index is -0.408. The van der Waals surface area contributed by atoms with Gasteiger partial charge in [-0.3, -0.25) is 4.68 Å². The maximum absolute atomic E-state index is 14.9. The highest BCUT2D eigenvalue weighted by molar-refractivity contribution is 6.00. The van der Waals surface area contributed by atoms with Crippen molar-refractivity contribution in [3.8, 4) is 22.4 Å². The maximum Gasteiger partial charge on any atom is 0.323 e. The van der Waals surface area contributed by atoms with E-state index >= 15 is 0 Å². The largest absolute Gasteiger partial charge is 0.346 e. The zero-order valence-electron chi connectivity index (χ0n) is 17.8. The van der Waals surface area contributed by atoms with Gasteiger partial charge in [-0.15, -0.1) is 0 Å². The quantitative estimate of drug-likeness (QED) is 0.318. The van der Waals surface area contributed by atoms with Crippen molar-refractivity contribution in [2.24, 2.45) is 0 Å². The fourth-order valence-electron chi connectivity index (χ4n) is 3.76. The minimum Gasteiger partial charge on any atom is -0.346 e. The van der Waals surface area contributed by atoms with Gasteiger partial charge in [0.05, 0.1) is 6.20 Å². The van der Waals surface area contributed by atoms with Gasteiger partial charge < -0.3 is 15.6 Å². The molecule has 33 heavy (non-hydrogen) atoms. The second kappa shape index (κ2) is 8.58. The van der Waals surface area contributed by atoms with Crippen LogP contribution in [-0.4, -0.2) is 25.8 Å². The molecule has 2 aromatic carbocycles. The van der Waals surface area contributed by atoms with E-state index in [1.54, 1.807) is 23.0 Å². The summed E-state index contributed by atoms with van der Waals surface area (Å²) in [5.74, 6) is -0.408. The highest BCUT2D eigenvalue weighted by atomic mass is 19.1. The third-order valence-electron chi connectivity index (χ3n) is 5.34. The predicted molar refractivity (Wildman–Crippen MR) is 127 cm³/mol. The number of aryl methyl sites for hydroxylation is 1. The Bertz CT molecular complexity index is 1420. The van der Waals surface area contributed by atoms with E-state index in [1.165, 1.54) is 6.20 Å². The summed E-state index contributed by atoms with van der Waals surface area (Å²) in [5, 5.41) is 11.0. The minimum absolute atomic E-state index is 0.335. The molecule has 8 heteroatoms. The summed E-state index contributed by atoms with van der Waals surface area (Å²) < 4.78 is 16.7. The molecule has 0 radical (unpaired) electrons. The van der Waals surface area contributed by atoms with Crippen LogP contribution in [0.3, 0.4) is 0 Å². The first-order valence-electron chi connectivity index (χ1n) is 10.6. The van der Waals surface area contributed by atoms with Gasteiger partial charge in [0, 0.05) is 52.4 Å². The lowest BCUT2D eigenvalue weighted by Gasteiger charge is -2.09. The summed E-state index contributed by atoms with van der Waals surface area (Å²) in [7, 11) is 0. The smallest absolute Gasteiger partial charge is 0.323 e. The van der Waals surface area contributed by atoms with Gasteiger partial charge in [0.25, 0.3) is 0 Å². The van der Waals surface area contributed by atoms with Gasteiger partial charge in [0.1, 0.15) is 17.2 Å². The molecule has 164 valence electrons. The fourth-order valence-corrected chi connectivity index (χ4v) is 3.76. The lowest BCUT2D eigenvalue weighted by atomic mass is 10.00. The summed E-state index contributed by atoms with van der Waals surface area (Å²) >= 11 is 0. The van der Waals surface area contributed by atoms with Crippen LogP contribution in [0, 0.1) is 5.82 Å². The number of amides is 2. The number of nitrogens with one attached hydrogen (secondary N) is 3. The average molecular weight is 440 g/mol. The molecule has 0 unspecified atom stereocenters. The number of anilines is 2. The molecule has 0 aliphatic heterocycles. The first-order valence-corrected chi connectivity index (χ1v) is 10.6. The summed E-state index contributed by atoms with van der Waals surface area (Å²) in [4.78, 5) is 19.4. The Labute approximate surface area is 189 Å². The lowest BCUT2D eigenvalue weighted by molar-refractivity contribution is 0.262. The number of aromatic amines is 1. The molecular formula is C25H21FN6O. The van der Waals surface area contributed by atoms with Gasteiger partial charge in [0.2, 0.25) is 0 Å². The van der Waals surface area contributed by atoms with E-state index in [9.17, 15) is 9.18 Å². The number of nitrogens with zero attached hydrogens (tertiary/aromatic N) is 3. The molecule has 3 heterocycles. The van der Waals surface area contributed by atoms with Crippen LogP contribution >= 0.6 is 0 Å². The summed E-state index contributed by atoms with van der Waals surface area (Å²) in [6, 6.07) is 18.0. The number of rotatable bonds is 5. The van der Waals surface area contributed by atoms with Gasteiger partial charge in [-0.25, -0.2) is 14.2 Å². The highest BCUT2D eigenvalue weighted by Crippen LogP contribution is 2.36. The number of H-pyrrole nitrogens is 1. The van der Waals surface area contributed by atoms with Crippen LogP contribution in [0.4, 0.5) is 20.6 Å². The molecule has 0 spiro atoms. The number of carbonyl (C=O) groups is 1. The number of halogens is 1. The van der Waals surface area contributed by atoms with Crippen LogP contribution in [0.5, 0.6) is 0 Å². The van der Waals surface area contributed by atoms with E-state index in [-0.39, 0.29) is 6.03 Å². The summed E-state index contributed by atoms with van der Waals surface area (Å²) in [5.41, 5.74) is 4.56. The molecule has 3 aromatic heterocycles. The molecule has 7 nitrogen and oxygen atoms in total. The average Bonchev–Trinajstić information content (AvgIpc) is 3.47. The van der Waals surface area contributed by atoms with Crippen molar-refractivity contribution in [1.82, 2.24) is 19.7 Å². The molecule has 0 saturated heterocycles. The molecular weight excluding hydrogens is 419 g/mol. The van der Waals surface area contributed by atoms with Crippen molar-refractivity contribution in [1.29, 1.82) is 0 Å². The molecule has 3 N–H and O–H groups in total. The Morgan fingerprint density at radius 1 is 1.03 bits per heavy atom. The number of pyridine rings is 1. The Balaban J connectivity index is 1.45. The van der Waals surface area contributed by atoms with Crippen molar-refractivity contribution >= 4 is 28.4 Å². The maximum atomic E-state index is 14.9. The Morgan fingerprint density at radius 2 is 1.76 bits per heavy atom. The van der Waals surface area contributed by atoms with E-state index in [2.05, 4.69) is 25.7 Å². The first-order chi connectivity index (χ1) is 16.1. The van der Waals surface area contributed by atoms with Crippen LogP contribution in [0.25, 0.3) is 33.4 Å². The van der Waals surface area contributed by atoms with Crippen molar-refractivity contribution in [3.63, 3.8) is 0 Å². The van der Waals surface area contributed by atoms with Crippen molar-refractivity contribution in [2.45, 2.75) is 13.5 Å². The van der Waals surface area contributed by atoms with Crippen LogP contribution < -0.4 is 10.6 Å². The number of hydrogen-bond acceptors (Lipinski definition) is 3. The monoisotopic (exact) mass is 440 g/mol. The molecule has 0 fully saturated rings. The number of hydrogen-bond donors (Lipinski definition) is 3. The fraction of sp³-hybridized carbons (Fsp3) is 0.0800. The Morgan fingerprint density at radius 3 is 2.48 bits per heavy atom. The van der Waals surface area contributed by atoms with Crippen molar-refractivity contribution in [2.75, 3.05) is 10.6 Å². The molecule has 0 aliphatic rings. The lowest BCUT2D eigenvalue weighted by Crippen LogP contribution is -2.19. The zero-order chi connectivity index (χ0) is 22.8. The second-order valence-corrected chi connectivity index (χ2v) is 7.49. The number of aromatic nitrogens is 4. The Kier molecular flexibility index (Phi) is 5.32. The SMILES string of the molecule is CCn1cc(-c2c(F)cnc3[nH]ccc23)c(-c2ccc(NC(=O)Nc3ccccc3)cc2)n1. The number of fused-ring (bicyclic) bond motifs is 1. The summed E-state index contributed by atoms with van der Waals surface area (Å²) in [6.45, 7) is 2.63. The van der Waals surface area contributed by atoms with Gasteiger partial charge >= 0.3 is 6.03 Å². The number of para-hydroxylation sites is 1. The van der Waals surface area contributed by atoms with E-state index in [0.717, 1.165) is 5.56 Å². The van der Waals surface area contributed by atoms with Crippen LogP contribution in [-0.2, 0) is 6.54 Å². The van der Waals surface area contributed by atoms with Crippen LogP contribution in [0.2, 0.25) is 0 Å². The molecule has 2 amide bonds. The molecule has 0 atom stereocenters. The van der Waals surface area contributed by atoms with Crippen LogP contribution in [0.1, 0.15) is 6.92 Å². The van der Waals surface area contributed by atoms with Crippen molar-refractivity contribution in [3.05, 3.63) is 85.1 Å². The van der Waals surface area contributed by atoms with E-state index in [1.807, 2.05) is 61.7 Å². The third-order valence-corrected chi connectivity index (χ3v) is 5.34. The van der Waals surface area contributed by atoms with E-state index < -0.39 is 5.82 Å². The number of carbonyl (C=O) groups excluding carboxylic acids is 1. The third kappa shape index (κ3) is 4.06. The van der Waals surface area contributed by atoms with Crippen molar-refractivity contribution < 1.29 is 9.18 Å². The van der Waals surface area contributed by atoms with Gasteiger partial charge in [-0.2, -0.15) is 5.10 Å². The predicted octanol–water partition coefficient (Wildman–Crippen LogP) is 5.90. The first kappa shape index (κ1) is 20.4. The standard InChI is InChI=1S/C25H21FN6O/c1-2-32-15-20(22-19-12-13-27-24(19)28-14-21(22)26)23(31-32)16-8-10-18(11-9-16)30-25(33)29-17-6-4-3-5-7-17/h3-15H,2H2,1H3,(H,27,28)(H2,29,30,33). The second-order valence-electron chi connectivity index (χ2n) is 7.49. The zero-order valence-corrected chi connectivity index (χ0v) is 17.8. The van der Waals surface area contributed by atoms with Gasteiger partial charge in [-0.05, 0) is 37.3 Å². The molecule has 5 rings (SSSR count). The highest BCUT2D eigenvalue weighted by Gasteiger charge is 2.19. The van der Waals surface area contributed by atoms with Gasteiger partial charge in [-0.1, -0.05) is 30.3 Å². The molecule has 0 aliphatic carbocycles. The van der Waals surface area contributed by atoms with E-state index in [4.69, 9.17) is 0 Å². The van der Waals surface area contributed by atoms with Crippen LogP contribution in [0.15, 0.2) is 79.3 Å². The molecule has 5 aromatic rings. The number of benzene rings is 2. The topological polar surface area (TPSA) is 87.6 Å². The molecule has 0 bridgehead atoms.